The highest BCUT2D eigenvalue weighted by Crippen LogP contribution is 2.15. The number of amides is 2. The number of nitrogens with zero attached hydrogens (tertiary/aromatic N) is 4. The van der Waals surface area contributed by atoms with Gasteiger partial charge in [-0.15, -0.1) is 22.9 Å². The molecular formula is C44H66Cl3F3N6O10S2. The summed E-state index contributed by atoms with van der Waals surface area (Å²) >= 11 is 6.95. The molecule has 3 aliphatic heterocycles. The van der Waals surface area contributed by atoms with E-state index in [-0.39, 0.29) is 24.4 Å². The Morgan fingerprint density at radius 2 is 1.09 bits per heavy atom. The average molecular weight is 1070 g/mol. The molecule has 4 aromatic heterocycles. The van der Waals surface area contributed by atoms with Crippen molar-refractivity contribution in [3.8, 4) is 0 Å². The Morgan fingerprint density at radius 1 is 0.706 bits per heavy atom. The van der Waals surface area contributed by atoms with Gasteiger partial charge in [-0.25, -0.2) is 13.8 Å². The number of aldehydes is 1. The summed E-state index contributed by atoms with van der Waals surface area (Å²) in [6.07, 6.45) is -1.09. The highest BCUT2D eigenvalue weighted by atomic mass is 36.0. The molecular weight excluding hydrogens is 1000 g/mol. The first-order chi connectivity index (χ1) is 32.0. The van der Waals surface area contributed by atoms with Crippen LogP contribution in [0.1, 0.15) is 63.7 Å². The molecule has 7 heterocycles. The topological polar surface area (TPSA) is 183 Å². The van der Waals surface area contributed by atoms with Crippen LogP contribution in [0.3, 0.4) is 0 Å². The first-order valence-electron chi connectivity index (χ1n) is 21.4. The number of aliphatic hydroxyl groups is 1. The highest BCUT2D eigenvalue weighted by molar-refractivity contribution is 8.26. The van der Waals surface area contributed by atoms with E-state index in [9.17, 15) is 22.8 Å². The fraction of sp³-hybridized carbons (Fsp3) is 0.568. The van der Waals surface area contributed by atoms with Crippen molar-refractivity contribution in [1.82, 2.24) is 30.2 Å². The van der Waals surface area contributed by atoms with E-state index in [0.29, 0.717) is 19.0 Å². The molecule has 2 amide bonds. The Bertz CT molecular complexity index is 1830. The van der Waals surface area contributed by atoms with Crippen molar-refractivity contribution >= 4 is 72.0 Å². The second-order valence-corrected chi connectivity index (χ2v) is 20.3. The molecule has 24 heteroatoms. The van der Waals surface area contributed by atoms with Crippen LogP contribution in [0.25, 0.3) is 0 Å². The standard InChI is InChI=1S/C14H22N2O3.C9H18N2O2.C9H14N2O.C5H5ClO.C5H6OS.C2HF3O.Cl2OS/c1-14(2,3)19-13(17)16-8-6-15(7-9-16)11-12-5-4-10-18-12;1-9(2,3)13-8(12)11-6-4-10-5-7-11;1-2-9(12-7-1)8-11-5-3-10-4-6-11;2*6-4-5-2-1-3-7-5;3-2(4,5)1-6;1-4(2)3/h4-5,10H,6-9,11H2,1-3H3;10H,4-7H2,1-3H3;1-2,7,10H,3-6,8H2;1-3H,4H2;1-3,6H,4H2;1H;. The van der Waals surface area contributed by atoms with E-state index in [1.54, 1.807) is 39.9 Å². The molecule has 0 bridgehead atoms. The molecule has 0 spiro atoms. The number of piperazine rings is 3. The van der Waals surface area contributed by atoms with Gasteiger partial charge in [-0.05, 0) is 89.4 Å². The van der Waals surface area contributed by atoms with Crippen LogP contribution in [-0.2, 0) is 49.1 Å². The number of carbonyl (C=O) groups excluding carboxylic acids is 3. The van der Waals surface area contributed by atoms with Crippen molar-refractivity contribution in [2.45, 2.75) is 84.5 Å². The van der Waals surface area contributed by atoms with Gasteiger partial charge in [0.25, 0.3) is 0 Å². The van der Waals surface area contributed by atoms with Crippen LogP contribution >= 0.6 is 44.3 Å². The van der Waals surface area contributed by atoms with Gasteiger partial charge in [-0.3, -0.25) is 14.6 Å². The average Bonchev–Trinajstić information content (AvgIpc) is 4.15. The van der Waals surface area contributed by atoms with Crippen molar-refractivity contribution in [2.24, 2.45) is 0 Å². The quantitative estimate of drug-likeness (QED) is 0.0945. The van der Waals surface area contributed by atoms with Gasteiger partial charge in [0.15, 0.2) is 0 Å². The van der Waals surface area contributed by atoms with Gasteiger partial charge in [0.2, 0.25) is 15.5 Å². The normalized spacial score (nSPS) is 15.3. The number of halogens is 6. The molecule has 0 atom stereocenters. The fourth-order valence-electron chi connectivity index (χ4n) is 5.50. The Balaban J connectivity index is 0.000000419. The second-order valence-electron chi connectivity index (χ2n) is 16.4. The Kier molecular flexibility index (Phi) is 31.8. The molecule has 7 rings (SSSR count). The number of ether oxygens (including phenoxy) is 2. The smallest absolute Gasteiger partial charge is 0.446 e. The SMILES string of the molecule is CC(C)(C)OC(=O)N1CCN(Cc2ccco2)CC1.CC(C)(C)OC(=O)N1CCNCC1.ClCc1ccco1.O=CC(F)(F)F.O=S(Cl)Cl.OCc1cccs1.c1coc(CN2CCNCC2)c1. The first kappa shape index (κ1) is 62.4. The minimum atomic E-state index is -4.64. The minimum absolute atomic E-state index is 0.178. The third-order valence-electron chi connectivity index (χ3n) is 8.50. The lowest BCUT2D eigenvalue weighted by Gasteiger charge is -2.35. The van der Waals surface area contributed by atoms with Gasteiger partial charge in [-0.2, -0.15) is 13.2 Å². The zero-order chi connectivity index (χ0) is 51.0. The number of hydrogen-bond donors (Lipinski definition) is 3. The van der Waals surface area contributed by atoms with E-state index >= 15 is 0 Å². The van der Waals surface area contributed by atoms with Crippen molar-refractivity contribution < 1.29 is 59.6 Å². The zero-order valence-corrected chi connectivity index (χ0v) is 43.2. The maximum Gasteiger partial charge on any atom is 0.446 e. The molecule has 68 heavy (non-hydrogen) atoms. The van der Waals surface area contributed by atoms with E-state index in [1.807, 2.05) is 95.5 Å². The maximum atomic E-state index is 11.9. The van der Waals surface area contributed by atoms with Crippen LogP contribution in [0.4, 0.5) is 22.8 Å². The van der Waals surface area contributed by atoms with Gasteiger partial charge in [-0.1, -0.05) is 6.07 Å². The summed E-state index contributed by atoms with van der Waals surface area (Å²) in [7, 11) is 7.36. The Hall–Kier alpha value is -3.64. The van der Waals surface area contributed by atoms with Crippen molar-refractivity contribution in [2.75, 3.05) is 78.5 Å². The van der Waals surface area contributed by atoms with Crippen LogP contribution in [-0.4, -0.2) is 143 Å². The molecule has 0 aliphatic carbocycles. The van der Waals surface area contributed by atoms with Gasteiger partial charge < -0.3 is 48.3 Å². The molecule has 3 fully saturated rings. The predicted molar refractivity (Wildman–Crippen MR) is 260 cm³/mol. The molecule has 3 aliphatic rings. The molecule has 3 N–H and O–H groups in total. The first-order valence-corrected chi connectivity index (χ1v) is 25.6. The number of hydrogen-bond acceptors (Lipinski definition) is 15. The van der Waals surface area contributed by atoms with Crippen molar-refractivity contribution in [1.29, 1.82) is 0 Å². The number of aliphatic hydroxyl groups excluding tert-OH is 1. The molecule has 4 aromatic rings. The van der Waals surface area contributed by atoms with Crippen LogP contribution in [0.5, 0.6) is 0 Å². The van der Waals surface area contributed by atoms with Gasteiger partial charge in [0.1, 0.15) is 28.5 Å². The van der Waals surface area contributed by atoms with Crippen molar-refractivity contribution in [3.05, 3.63) is 94.9 Å². The van der Waals surface area contributed by atoms with Gasteiger partial charge in [0.05, 0.1) is 44.4 Å². The summed E-state index contributed by atoms with van der Waals surface area (Å²) in [5.41, 5.74) is -0.815. The maximum absolute atomic E-state index is 11.9. The van der Waals surface area contributed by atoms with Crippen LogP contribution in [0.2, 0.25) is 0 Å². The van der Waals surface area contributed by atoms with E-state index in [0.717, 1.165) is 101 Å². The monoisotopic (exact) mass is 1060 g/mol. The summed E-state index contributed by atoms with van der Waals surface area (Å²) in [6, 6.07) is 15.3. The van der Waals surface area contributed by atoms with E-state index in [2.05, 4.69) is 41.8 Å². The molecule has 3 saturated heterocycles. The van der Waals surface area contributed by atoms with Crippen LogP contribution in [0, 0.1) is 0 Å². The third-order valence-corrected chi connectivity index (χ3v) is 9.63. The lowest BCUT2D eigenvalue weighted by atomic mass is 10.2. The number of thiophene rings is 1. The van der Waals surface area contributed by atoms with E-state index in [1.165, 1.54) is 0 Å². The summed E-state index contributed by atoms with van der Waals surface area (Å²) in [6.45, 7) is 24.0. The highest BCUT2D eigenvalue weighted by Gasteiger charge is 2.27. The Morgan fingerprint density at radius 3 is 1.38 bits per heavy atom. The molecule has 0 saturated carbocycles. The molecule has 0 radical (unpaired) electrons. The lowest BCUT2D eigenvalue weighted by Crippen LogP contribution is -2.49. The summed E-state index contributed by atoms with van der Waals surface area (Å²) < 4.78 is 66.4. The van der Waals surface area contributed by atoms with Crippen LogP contribution < -0.4 is 10.6 Å². The van der Waals surface area contributed by atoms with E-state index < -0.39 is 27.3 Å². The molecule has 386 valence electrons. The number of nitrogens with one attached hydrogen (secondary N) is 2. The second kappa shape index (κ2) is 34.6. The predicted octanol–water partition coefficient (Wildman–Crippen LogP) is 8.89. The Labute approximate surface area is 417 Å². The fourth-order valence-corrected chi connectivity index (χ4v) is 6.21. The van der Waals surface area contributed by atoms with Crippen molar-refractivity contribution in [3.63, 3.8) is 0 Å². The number of rotatable bonds is 6. The summed E-state index contributed by atoms with van der Waals surface area (Å²) in [5, 5.41) is 16.9. The molecule has 0 unspecified atom stereocenters. The minimum Gasteiger partial charge on any atom is -0.468 e. The van der Waals surface area contributed by atoms with Crippen LogP contribution in [0.15, 0.2) is 86.0 Å². The van der Waals surface area contributed by atoms with Gasteiger partial charge in [0, 0.05) is 105 Å². The van der Waals surface area contributed by atoms with E-state index in [4.69, 9.17) is 48.4 Å². The molecule has 0 aromatic carbocycles. The number of carbonyl (C=O) groups is 3. The third kappa shape index (κ3) is 33.8. The molecule has 16 nitrogen and oxygen atoms in total. The lowest BCUT2D eigenvalue weighted by molar-refractivity contribution is -0.156. The largest absolute Gasteiger partial charge is 0.468 e. The summed E-state index contributed by atoms with van der Waals surface area (Å²) in [5.74, 6) is 3.32. The zero-order valence-electron chi connectivity index (χ0n) is 39.3. The van der Waals surface area contributed by atoms with Gasteiger partial charge >= 0.3 is 18.4 Å². The number of furan rings is 3. The number of alkyl halides is 4. The summed E-state index contributed by atoms with van der Waals surface area (Å²) in [4.78, 5) is 41.3.